The number of allylic oxidation sites excluding steroid dienone is 2. The van der Waals surface area contributed by atoms with Crippen LogP contribution in [0.2, 0.25) is 0 Å². The summed E-state index contributed by atoms with van der Waals surface area (Å²) in [5.41, 5.74) is 19.9. The van der Waals surface area contributed by atoms with Gasteiger partial charge in [-0.25, -0.2) is 0 Å². The van der Waals surface area contributed by atoms with Crippen molar-refractivity contribution < 1.29 is 29.6 Å². The number of phenols is 2. The Labute approximate surface area is 373 Å². The molecule has 4 atom stereocenters. The van der Waals surface area contributed by atoms with Crippen molar-refractivity contribution >= 4 is 33.2 Å². The van der Waals surface area contributed by atoms with Crippen LogP contribution >= 0.6 is 21.6 Å². The first-order chi connectivity index (χ1) is 29.9. The molecule has 2 saturated carbocycles. The lowest BCUT2D eigenvalue weighted by Gasteiger charge is -2.32. The highest BCUT2D eigenvalue weighted by molar-refractivity contribution is 8.76. The topological polar surface area (TPSA) is 172 Å². The Morgan fingerprint density at radius 2 is 1.71 bits per heavy atom. The van der Waals surface area contributed by atoms with Crippen molar-refractivity contribution in [3.8, 4) is 29.1 Å². The lowest BCUT2D eigenvalue weighted by molar-refractivity contribution is -0.114. The van der Waals surface area contributed by atoms with E-state index in [4.69, 9.17) is 16.2 Å². The average Bonchev–Trinajstić information content (AvgIpc) is 3.99. The second kappa shape index (κ2) is 19.1. The van der Waals surface area contributed by atoms with Crippen molar-refractivity contribution in [3.05, 3.63) is 123 Å². The highest BCUT2D eigenvalue weighted by Gasteiger charge is 2.44. The minimum atomic E-state index is -0.769. The summed E-state index contributed by atoms with van der Waals surface area (Å²) in [6.07, 6.45) is 14.6. The number of ketones is 2. The van der Waals surface area contributed by atoms with E-state index in [2.05, 4.69) is 35.9 Å². The van der Waals surface area contributed by atoms with Crippen molar-refractivity contribution in [3.63, 3.8) is 0 Å². The number of aromatic amines is 1. The van der Waals surface area contributed by atoms with Crippen LogP contribution < -0.4 is 16.2 Å². The predicted molar refractivity (Wildman–Crippen MR) is 248 cm³/mol. The van der Waals surface area contributed by atoms with Crippen molar-refractivity contribution in [2.45, 2.75) is 114 Å². The number of Topliss-reactive ketones (excluding diaryl/α,β-unsaturated/α-hetero) is 1. The highest BCUT2D eigenvalue weighted by Crippen LogP contribution is 2.52. The normalized spacial score (nSPS) is 24.8. The zero-order valence-electron chi connectivity index (χ0n) is 35.6. The molecule has 8 bridgehead atoms. The Balaban J connectivity index is 1.15. The van der Waals surface area contributed by atoms with Crippen LogP contribution in [-0.4, -0.2) is 50.3 Å². The third kappa shape index (κ3) is 10.2. The first-order valence-electron chi connectivity index (χ1n) is 22.1. The van der Waals surface area contributed by atoms with Crippen LogP contribution in [0, 0.1) is 28.6 Å². The van der Waals surface area contributed by atoms with Gasteiger partial charge in [0, 0.05) is 65.3 Å². The molecule has 1 aliphatic heterocycles. The quantitative estimate of drug-likeness (QED) is 0.0660. The van der Waals surface area contributed by atoms with Crippen LogP contribution in [0.4, 0.5) is 0 Å². The molecule has 326 valence electrons. The highest BCUT2D eigenvalue weighted by atomic mass is 33.1. The number of fused-ring (bicyclic) bond motifs is 9. The molecule has 2 heterocycles. The standard InChI is InChI=1S/C51H59N3O6S2/c1-50(16-2-3-17-50)19-20-51-18-13-37(55)10-7-32-9-12-45(57)48(24-32)60-22-15-33-8-11-44(56)42(23-33)41-27-46(58)38-14-21-54-43(38)6-4-5-34-25-40(49(52)53)35(26-39(34)41)30-61-62-31-36(28-51)47(59)29-51/h8-9,11-14,18,21,23-26,36,41,47,49,54,56-57,59H,2-3,6-7,10,15-17,19-20,22,27-31,52-53H2,1H3/b18-13-/t36-,41+,47+,51-/m0/s1. The summed E-state index contributed by atoms with van der Waals surface area (Å²) in [6, 6.07) is 16.5. The number of phenolic OH excluding ortho intramolecular Hbond substituents is 2. The molecule has 0 spiro atoms. The molecule has 0 radical (unpaired) electrons. The van der Waals surface area contributed by atoms with E-state index in [1.165, 1.54) is 25.7 Å². The monoisotopic (exact) mass is 873 g/mol. The van der Waals surface area contributed by atoms with Gasteiger partial charge in [0.2, 0.25) is 0 Å². The van der Waals surface area contributed by atoms with Crippen LogP contribution in [0.5, 0.6) is 17.2 Å². The number of ether oxygens (including phenoxy) is 1. The van der Waals surface area contributed by atoms with Gasteiger partial charge in [-0.15, -0.1) is 0 Å². The number of benzene rings is 3. The van der Waals surface area contributed by atoms with Crippen molar-refractivity contribution in [2.75, 3.05) is 12.4 Å². The molecule has 2 fully saturated rings. The molecule has 4 aromatic rings. The average molecular weight is 874 g/mol. The number of aromatic hydroxyl groups is 2. The number of nitrogens with one attached hydrogen (secondary N) is 1. The molecule has 62 heavy (non-hydrogen) atoms. The second-order valence-electron chi connectivity index (χ2n) is 18.4. The Kier molecular flexibility index (Phi) is 13.6. The lowest BCUT2D eigenvalue weighted by Crippen LogP contribution is -2.22. The number of hydrogen-bond acceptors (Lipinski definition) is 10. The summed E-state index contributed by atoms with van der Waals surface area (Å²) in [5.74, 6) is 7.91. The minimum absolute atomic E-state index is 0.0153. The SMILES string of the molecule is CC1(CC[C@@]23/C=C\C(=O)CCc4ccc(O)c(c4)OCCc4ccc(O)c(c4)[C@@H]4CC(=O)c5cc[nH]c5CC#Cc5cc(C(N)N)c(cc54)CSSC[C@H](C2)[C@H](O)C3)CCCC1. The Hall–Kier alpha value is -4.44. The minimum Gasteiger partial charge on any atom is -0.508 e. The maximum Gasteiger partial charge on any atom is 0.165 e. The molecular formula is C51H59N3O6S2. The molecule has 3 aromatic carbocycles. The van der Waals surface area contributed by atoms with E-state index < -0.39 is 18.2 Å². The predicted octanol–water partition coefficient (Wildman–Crippen LogP) is 9.35. The van der Waals surface area contributed by atoms with Gasteiger partial charge in [-0.05, 0) is 126 Å². The van der Waals surface area contributed by atoms with Gasteiger partial charge in [-0.3, -0.25) is 9.59 Å². The van der Waals surface area contributed by atoms with Crippen LogP contribution in [0.15, 0.2) is 72.9 Å². The zero-order chi connectivity index (χ0) is 43.4. The van der Waals surface area contributed by atoms with E-state index in [1.807, 2.05) is 24.3 Å². The fourth-order valence-electron chi connectivity index (χ4n) is 10.2. The fraction of sp³-hybridized carbons (Fsp3) is 0.451. The third-order valence-electron chi connectivity index (χ3n) is 13.9. The van der Waals surface area contributed by atoms with E-state index in [9.17, 15) is 24.9 Å². The molecule has 11 heteroatoms. The summed E-state index contributed by atoms with van der Waals surface area (Å²) >= 11 is 0. The molecule has 8 rings (SSSR count). The number of carbonyl (C=O) groups excluding carboxylic acids is 2. The molecule has 8 N–H and O–H groups in total. The number of nitrogens with two attached hydrogens (primary N) is 2. The maximum absolute atomic E-state index is 14.2. The van der Waals surface area contributed by atoms with Crippen LogP contribution in [-0.2, 0) is 29.8 Å². The zero-order valence-corrected chi connectivity index (χ0v) is 37.2. The number of aromatic nitrogens is 1. The molecular weight excluding hydrogens is 815 g/mol. The number of hydrogen-bond donors (Lipinski definition) is 6. The molecule has 3 aliphatic carbocycles. The van der Waals surface area contributed by atoms with Gasteiger partial charge in [-0.1, -0.05) is 83.5 Å². The molecule has 4 aliphatic rings. The van der Waals surface area contributed by atoms with Gasteiger partial charge in [0.1, 0.15) is 5.75 Å². The number of aryl methyl sites for hydroxylation is 1. The fourth-order valence-corrected chi connectivity index (χ4v) is 12.7. The molecule has 0 amide bonds. The van der Waals surface area contributed by atoms with E-state index in [0.29, 0.717) is 65.7 Å². The Morgan fingerprint density at radius 3 is 2.52 bits per heavy atom. The van der Waals surface area contributed by atoms with Gasteiger partial charge in [0.25, 0.3) is 0 Å². The van der Waals surface area contributed by atoms with Gasteiger partial charge < -0.3 is 36.5 Å². The smallest absolute Gasteiger partial charge is 0.165 e. The molecule has 0 unspecified atom stereocenters. The van der Waals surface area contributed by atoms with Gasteiger partial charge in [-0.2, -0.15) is 0 Å². The van der Waals surface area contributed by atoms with Gasteiger partial charge in [0.05, 0.1) is 25.3 Å². The van der Waals surface area contributed by atoms with Crippen LogP contribution in [0.25, 0.3) is 0 Å². The van der Waals surface area contributed by atoms with Crippen LogP contribution in [0.3, 0.4) is 0 Å². The first-order valence-corrected chi connectivity index (χ1v) is 24.6. The number of aliphatic hydroxyl groups is 1. The van der Waals surface area contributed by atoms with E-state index >= 15 is 0 Å². The lowest BCUT2D eigenvalue weighted by atomic mass is 9.73. The largest absolute Gasteiger partial charge is 0.508 e. The number of aliphatic hydroxyl groups excluding tert-OH is 1. The first kappa shape index (κ1) is 44.2. The molecule has 9 nitrogen and oxygen atoms in total. The molecule has 1 aromatic heterocycles. The van der Waals surface area contributed by atoms with Crippen molar-refractivity contribution in [2.24, 2.45) is 28.2 Å². The summed E-state index contributed by atoms with van der Waals surface area (Å²) in [4.78, 5) is 30.8. The number of H-pyrrole nitrogens is 1. The Morgan fingerprint density at radius 1 is 0.919 bits per heavy atom. The summed E-state index contributed by atoms with van der Waals surface area (Å²) in [6.45, 7) is 2.64. The van der Waals surface area contributed by atoms with E-state index in [1.54, 1.807) is 58.1 Å². The van der Waals surface area contributed by atoms with Gasteiger partial charge in [0.15, 0.2) is 23.1 Å². The summed E-state index contributed by atoms with van der Waals surface area (Å²) < 4.78 is 6.14. The number of carbonyl (C=O) groups is 2. The van der Waals surface area contributed by atoms with E-state index in [0.717, 1.165) is 58.5 Å². The Bertz CT molecular complexity index is 2390. The van der Waals surface area contributed by atoms with Crippen molar-refractivity contribution in [1.29, 1.82) is 0 Å². The van der Waals surface area contributed by atoms with E-state index in [-0.39, 0.29) is 47.4 Å². The second-order valence-corrected chi connectivity index (χ2v) is 21.0. The van der Waals surface area contributed by atoms with Crippen molar-refractivity contribution in [1.82, 2.24) is 4.98 Å². The number of rotatable bonds is 4. The van der Waals surface area contributed by atoms with Gasteiger partial charge >= 0.3 is 0 Å². The summed E-state index contributed by atoms with van der Waals surface area (Å²) in [7, 11) is 3.42. The summed E-state index contributed by atoms with van der Waals surface area (Å²) in [5, 5.41) is 33.9. The maximum atomic E-state index is 14.2. The molecule has 0 saturated heterocycles. The third-order valence-corrected chi connectivity index (χ3v) is 16.3. The van der Waals surface area contributed by atoms with Crippen LogP contribution in [0.1, 0.15) is 138 Å².